The Hall–Kier alpha value is -1.26. The number of rotatable bonds is 6. The molecule has 0 aromatic heterocycles. The Bertz CT molecular complexity index is 302. The quantitative estimate of drug-likeness (QED) is 0.611. The summed E-state index contributed by atoms with van der Waals surface area (Å²) < 4.78 is 5.00. The van der Waals surface area contributed by atoms with Gasteiger partial charge in [0.25, 0.3) is 0 Å². The van der Waals surface area contributed by atoms with Crippen LogP contribution in [0.3, 0.4) is 0 Å². The Morgan fingerprint density at radius 3 is 2.87 bits per heavy atom. The molecule has 0 spiro atoms. The van der Waals surface area contributed by atoms with E-state index in [9.17, 15) is 5.11 Å². The third kappa shape index (κ3) is 3.42. The number of methoxy groups -OCH3 is 1. The number of aliphatic hydroxyl groups excluding tert-OH is 1. The minimum Gasteiger partial charge on any atom is -0.504 e. The highest BCUT2D eigenvalue weighted by atomic mass is 16.5. The molecule has 0 aliphatic rings. The van der Waals surface area contributed by atoms with Crippen molar-refractivity contribution in [2.75, 3.05) is 20.3 Å². The molecule has 0 heterocycles. The molecule has 0 atom stereocenters. The molecule has 0 bridgehead atoms. The largest absolute Gasteiger partial charge is 0.504 e. The van der Waals surface area contributed by atoms with Crippen LogP contribution in [0.1, 0.15) is 12.0 Å². The van der Waals surface area contributed by atoms with Gasteiger partial charge < -0.3 is 20.3 Å². The molecule has 84 valence electrons. The molecule has 4 heteroatoms. The topological polar surface area (TPSA) is 61.7 Å². The van der Waals surface area contributed by atoms with Crippen molar-refractivity contribution in [2.24, 2.45) is 0 Å². The van der Waals surface area contributed by atoms with Crippen molar-refractivity contribution in [1.82, 2.24) is 5.32 Å². The molecule has 4 nitrogen and oxygen atoms in total. The third-order valence-corrected chi connectivity index (χ3v) is 2.13. The summed E-state index contributed by atoms with van der Waals surface area (Å²) in [7, 11) is 1.53. The molecule has 0 fully saturated rings. The van der Waals surface area contributed by atoms with Crippen LogP contribution >= 0.6 is 0 Å². The Labute approximate surface area is 89.5 Å². The Kier molecular flexibility index (Phi) is 4.93. The zero-order valence-electron chi connectivity index (χ0n) is 8.86. The Morgan fingerprint density at radius 1 is 1.40 bits per heavy atom. The van der Waals surface area contributed by atoms with Crippen molar-refractivity contribution < 1.29 is 14.9 Å². The zero-order valence-corrected chi connectivity index (χ0v) is 8.86. The van der Waals surface area contributed by atoms with Crippen LogP contribution < -0.4 is 10.1 Å². The molecular formula is C11H17NO3. The minimum atomic E-state index is 0.177. The number of phenolic OH excluding ortho intramolecular Hbond substituents is 1. The number of hydrogen-bond acceptors (Lipinski definition) is 4. The smallest absolute Gasteiger partial charge is 0.162 e. The van der Waals surface area contributed by atoms with Crippen LogP contribution in [-0.2, 0) is 6.54 Å². The van der Waals surface area contributed by atoms with Crippen LogP contribution in [0, 0.1) is 0 Å². The maximum absolute atomic E-state index is 9.73. The summed E-state index contributed by atoms with van der Waals surface area (Å²) in [6, 6.07) is 5.39. The van der Waals surface area contributed by atoms with Gasteiger partial charge in [-0.15, -0.1) is 0 Å². The van der Waals surface area contributed by atoms with Crippen molar-refractivity contribution in [3.63, 3.8) is 0 Å². The van der Waals surface area contributed by atoms with E-state index in [1.165, 1.54) is 7.11 Å². The fourth-order valence-corrected chi connectivity index (χ4v) is 1.30. The second-order valence-corrected chi connectivity index (χ2v) is 3.22. The monoisotopic (exact) mass is 211 g/mol. The average Bonchev–Trinajstić information content (AvgIpc) is 2.26. The molecule has 1 rings (SSSR count). The van der Waals surface area contributed by atoms with Gasteiger partial charge in [0.2, 0.25) is 0 Å². The summed E-state index contributed by atoms with van der Waals surface area (Å²) >= 11 is 0. The van der Waals surface area contributed by atoms with Gasteiger partial charge in [0.1, 0.15) is 0 Å². The Morgan fingerprint density at radius 2 is 2.20 bits per heavy atom. The van der Waals surface area contributed by atoms with Gasteiger partial charge in [0, 0.05) is 18.7 Å². The summed E-state index contributed by atoms with van der Waals surface area (Å²) in [4.78, 5) is 0. The molecule has 0 aliphatic heterocycles. The van der Waals surface area contributed by atoms with Crippen LogP contribution in [-0.4, -0.2) is 30.5 Å². The average molecular weight is 211 g/mol. The van der Waals surface area contributed by atoms with Gasteiger partial charge in [-0.3, -0.25) is 0 Å². The first-order valence-electron chi connectivity index (χ1n) is 4.96. The summed E-state index contributed by atoms with van der Waals surface area (Å²) in [5, 5.41) is 21.4. The first-order valence-corrected chi connectivity index (χ1v) is 4.96. The molecule has 0 unspecified atom stereocenters. The highest BCUT2D eigenvalue weighted by molar-refractivity contribution is 5.45. The van der Waals surface area contributed by atoms with Crippen LogP contribution in [0.25, 0.3) is 0 Å². The normalized spacial score (nSPS) is 10.3. The number of hydrogen-bond donors (Lipinski definition) is 3. The van der Waals surface area contributed by atoms with Gasteiger partial charge >= 0.3 is 0 Å². The maximum Gasteiger partial charge on any atom is 0.162 e. The van der Waals surface area contributed by atoms with Crippen LogP contribution in [0.2, 0.25) is 0 Å². The van der Waals surface area contributed by atoms with Crippen molar-refractivity contribution in [3.8, 4) is 11.5 Å². The number of aliphatic hydroxyl groups is 1. The molecule has 15 heavy (non-hydrogen) atoms. The van der Waals surface area contributed by atoms with E-state index in [4.69, 9.17) is 9.84 Å². The molecule has 1 aromatic carbocycles. The van der Waals surface area contributed by atoms with Gasteiger partial charge in [-0.2, -0.15) is 0 Å². The van der Waals surface area contributed by atoms with Gasteiger partial charge in [-0.25, -0.2) is 0 Å². The third-order valence-electron chi connectivity index (χ3n) is 2.13. The van der Waals surface area contributed by atoms with E-state index in [0.717, 1.165) is 12.1 Å². The van der Waals surface area contributed by atoms with Gasteiger partial charge in [-0.1, -0.05) is 12.1 Å². The molecule has 0 saturated carbocycles. The standard InChI is InChI=1S/C11H17NO3/c1-15-10-5-2-4-9(11(10)14)8-12-6-3-7-13/h2,4-5,12-14H,3,6-8H2,1H3. The number of aromatic hydroxyl groups is 1. The molecule has 1 aromatic rings. The van der Waals surface area contributed by atoms with E-state index < -0.39 is 0 Å². The van der Waals surface area contributed by atoms with Gasteiger partial charge in [0.15, 0.2) is 11.5 Å². The van der Waals surface area contributed by atoms with Crippen LogP contribution in [0.4, 0.5) is 0 Å². The fraction of sp³-hybridized carbons (Fsp3) is 0.455. The zero-order chi connectivity index (χ0) is 11.1. The van der Waals surface area contributed by atoms with Crippen molar-refractivity contribution in [2.45, 2.75) is 13.0 Å². The predicted octanol–water partition coefficient (Wildman–Crippen LogP) is 0.873. The number of nitrogens with one attached hydrogen (secondary N) is 1. The predicted molar refractivity (Wildman–Crippen MR) is 58.1 cm³/mol. The lowest BCUT2D eigenvalue weighted by atomic mass is 10.2. The number of para-hydroxylation sites is 1. The maximum atomic E-state index is 9.73. The summed E-state index contributed by atoms with van der Waals surface area (Å²) in [5.74, 6) is 0.660. The Balaban J connectivity index is 2.53. The van der Waals surface area contributed by atoms with E-state index >= 15 is 0 Å². The second kappa shape index (κ2) is 6.27. The lowest BCUT2D eigenvalue weighted by molar-refractivity contribution is 0.286. The number of ether oxygens (including phenoxy) is 1. The van der Waals surface area contributed by atoms with E-state index in [1.54, 1.807) is 6.07 Å². The van der Waals surface area contributed by atoms with Gasteiger partial charge in [-0.05, 0) is 19.0 Å². The fourth-order valence-electron chi connectivity index (χ4n) is 1.30. The summed E-state index contributed by atoms with van der Waals surface area (Å²) in [5.41, 5.74) is 0.798. The molecule has 0 radical (unpaired) electrons. The van der Waals surface area contributed by atoms with Crippen LogP contribution in [0.5, 0.6) is 11.5 Å². The lowest BCUT2D eigenvalue weighted by Gasteiger charge is -2.09. The first-order chi connectivity index (χ1) is 7.29. The molecule has 0 amide bonds. The van der Waals surface area contributed by atoms with E-state index in [1.807, 2.05) is 12.1 Å². The number of benzene rings is 1. The first kappa shape index (κ1) is 11.8. The SMILES string of the molecule is COc1cccc(CNCCCO)c1O. The van der Waals surface area contributed by atoms with Crippen LogP contribution in [0.15, 0.2) is 18.2 Å². The summed E-state index contributed by atoms with van der Waals surface area (Å²) in [6.45, 7) is 1.48. The van der Waals surface area contributed by atoms with Crippen molar-refractivity contribution >= 4 is 0 Å². The molecule has 3 N–H and O–H groups in total. The lowest BCUT2D eigenvalue weighted by Crippen LogP contribution is -2.15. The second-order valence-electron chi connectivity index (χ2n) is 3.22. The number of phenols is 1. The van der Waals surface area contributed by atoms with E-state index in [2.05, 4.69) is 5.32 Å². The summed E-state index contributed by atoms with van der Waals surface area (Å²) in [6.07, 6.45) is 0.713. The van der Waals surface area contributed by atoms with Crippen molar-refractivity contribution in [1.29, 1.82) is 0 Å². The molecule has 0 aliphatic carbocycles. The van der Waals surface area contributed by atoms with Crippen molar-refractivity contribution in [3.05, 3.63) is 23.8 Å². The molecule has 0 saturated heterocycles. The highest BCUT2D eigenvalue weighted by Crippen LogP contribution is 2.28. The van der Waals surface area contributed by atoms with E-state index in [-0.39, 0.29) is 12.4 Å². The minimum absolute atomic E-state index is 0.177. The molecular weight excluding hydrogens is 194 g/mol. The van der Waals surface area contributed by atoms with Gasteiger partial charge in [0.05, 0.1) is 7.11 Å². The highest BCUT2D eigenvalue weighted by Gasteiger charge is 2.05. The van der Waals surface area contributed by atoms with E-state index in [0.29, 0.717) is 18.7 Å².